The van der Waals surface area contributed by atoms with Crippen molar-refractivity contribution in [2.45, 2.75) is 13.0 Å². The number of benzene rings is 3. The Kier molecular flexibility index (Phi) is 6.50. The molecule has 0 aliphatic heterocycles. The normalized spacial score (nSPS) is 11.3. The number of aromatic nitrogens is 4. The molecule has 0 radical (unpaired) electrons. The van der Waals surface area contributed by atoms with Crippen LogP contribution in [0.25, 0.3) is 16.6 Å². The first kappa shape index (κ1) is 24.2. The first-order chi connectivity index (χ1) is 18.5. The molecule has 184 valence electrons. The van der Waals surface area contributed by atoms with Crippen LogP contribution in [-0.4, -0.2) is 19.5 Å². The van der Waals surface area contributed by atoms with Gasteiger partial charge in [-0.15, -0.1) is 0 Å². The van der Waals surface area contributed by atoms with Crippen molar-refractivity contribution in [1.82, 2.24) is 19.5 Å². The molecule has 0 saturated carbocycles. The first-order valence-electron chi connectivity index (χ1n) is 11.6. The fourth-order valence-corrected chi connectivity index (χ4v) is 4.02. The smallest absolute Gasteiger partial charge is 0.269 e. The van der Waals surface area contributed by atoms with Crippen LogP contribution in [0.1, 0.15) is 35.5 Å². The van der Waals surface area contributed by atoms with E-state index in [2.05, 4.69) is 38.2 Å². The molecule has 2 heterocycles. The van der Waals surface area contributed by atoms with Crippen LogP contribution in [-0.2, 0) is 0 Å². The molecular formula is C29H20FN7O. The van der Waals surface area contributed by atoms with Crippen molar-refractivity contribution >= 4 is 22.5 Å². The number of anilines is 2. The molecule has 0 spiro atoms. The van der Waals surface area contributed by atoms with E-state index >= 15 is 0 Å². The number of fused-ring (bicyclic) bond motifs is 1. The van der Waals surface area contributed by atoms with E-state index in [4.69, 9.17) is 5.73 Å². The molecule has 3 aromatic carbocycles. The summed E-state index contributed by atoms with van der Waals surface area (Å²) in [6, 6.07) is 21.6. The van der Waals surface area contributed by atoms with E-state index in [0.717, 1.165) is 5.56 Å². The predicted octanol–water partition coefficient (Wildman–Crippen LogP) is 4.34. The van der Waals surface area contributed by atoms with E-state index in [9.17, 15) is 14.4 Å². The molecule has 3 N–H and O–H groups in total. The van der Waals surface area contributed by atoms with Crippen molar-refractivity contribution in [1.29, 1.82) is 5.26 Å². The van der Waals surface area contributed by atoms with E-state index in [-0.39, 0.29) is 22.5 Å². The molecule has 1 atom stereocenters. The Morgan fingerprint density at radius 2 is 1.76 bits per heavy atom. The number of rotatable bonds is 4. The van der Waals surface area contributed by atoms with Gasteiger partial charge in [-0.25, -0.2) is 19.3 Å². The van der Waals surface area contributed by atoms with Gasteiger partial charge in [0.05, 0.1) is 28.9 Å². The number of nitrogens with zero attached hydrogens (tertiary/aromatic N) is 5. The molecule has 0 saturated heterocycles. The zero-order chi connectivity index (χ0) is 26.6. The van der Waals surface area contributed by atoms with Gasteiger partial charge in [-0.1, -0.05) is 42.2 Å². The standard InChI is InChI=1S/C29H20FN7O/c1-18(35-27-22(26(32)33-17-34-27)14-13-19-7-3-2-4-8-19)28-36-24-12-6-11-23(30)25(24)29(38)37(28)21-10-5-9-20(15-21)16-31/h2-12,15,17-18H,1H3,(H3,32,33,34,35). The predicted molar refractivity (Wildman–Crippen MR) is 143 cm³/mol. The summed E-state index contributed by atoms with van der Waals surface area (Å²) in [5, 5.41) is 12.5. The molecule has 9 heteroatoms. The van der Waals surface area contributed by atoms with Gasteiger partial charge < -0.3 is 11.1 Å². The summed E-state index contributed by atoms with van der Waals surface area (Å²) >= 11 is 0. The lowest BCUT2D eigenvalue weighted by atomic mass is 10.1. The number of nitrogens with two attached hydrogens (primary N) is 1. The monoisotopic (exact) mass is 501 g/mol. The van der Waals surface area contributed by atoms with Gasteiger partial charge in [0.15, 0.2) is 0 Å². The van der Waals surface area contributed by atoms with E-state index < -0.39 is 17.4 Å². The Morgan fingerprint density at radius 1 is 1.00 bits per heavy atom. The Morgan fingerprint density at radius 3 is 2.55 bits per heavy atom. The Hall–Kier alpha value is -5.54. The van der Waals surface area contributed by atoms with E-state index in [1.165, 1.54) is 23.0 Å². The second kappa shape index (κ2) is 10.2. The lowest BCUT2D eigenvalue weighted by molar-refractivity contribution is 0.635. The number of nitrogen functional groups attached to an aromatic ring is 1. The lowest BCUT2D eigenvalue weighted by Crippen LogP contribution is -2.28. The van der Waals surface area contributed by atoms with Crippen LogP contribution >= 0.6 is 0 Å². The maximum Gasteiger partial charge on any atom is 0.269 e. The summed E-state index contributed by atoms with van der Waals surface area (Å²) in [5.74, 6) is 6.21. The fraction of sp³-hybridized carbons (Fsp3) is 0.0690. The number of nitrogens with one attached hydrogen (secondary N) is 1. The number of nitriles is 1. The summed E-state index contributed by atoms with van der Waals surface area (Å²) in [5.41, 5.74) is 7.63. The maximum absolute atomic E-state index is 14.7. The molecule has 0 aliphatic carbocycles. The highest BCUT2D eigenvalue weighted by Crippen LogP contribution is 2.25. The lowest BCUT2D eigenvalue weighted by Gasteiger charge is -2.21. The van der Waals surface area contributed by atoms with Gasteiger partial charge in [0.2, 0.25) is 0 Å². The van der Waals surface area contributed by atoms with Gasteiger partial charge >= 0.3 is 0 Å². The number of hydrogen-bond acceptors (Lipinski definition) is 7. The average Bonchev–Trinajstić information content (AvgIpc) is 2.93. The van der Waals surface area contributed by atoms with Crippen molar-refractivity contribution in [2.24, 2.45) is 0 Å². The van der Waals surface area contributed by atoms with Gasteiger partial charge in [-0.05, 0) is 49.4 Å². The molecule has 5 aromatic rings. The van der Waals surface area contributed by atoms with Crippen molar-refractivity contribution < 1.29 is 4.39 Å². The second-order valence-electron chi connectivity index (χ2n) is 8.37. The number of halogens is 1. The minimum absolute atomic E-state index is 0.147. The largest absolute Gasteiger partial charge is 0.382 e. The van der Waals surface area contributed by atoms with Crippen LogP contribution in [0.15, 0.2) is 83.9 Å². The molecule has 38 heavy (non-hydrogen) atoms. The Balaban J connectivity index is 1.65. The Labute approximate surface area is 217 Å². The third-order valence-corrected chi connectivity index (χ3v) is 5.83. The molecule has 2 aromatic heterocycles. The van der Waals surface area contributed by atoms with Crippen LogP contribution in [0.5, 0.6) is 0 Å². The summed E-state index contributed by atoms with van der Waals surface area (Å²) in [7, 11) is 0. The third kappa shape index (κ3) is 4.64. The van der Waals surface area contributed by atoms with E-state index in [0.29, 0.717) is 22.6 Å². The van der Waals surface area contributed by atoms with Crippen molar-refractivity contribution in [3.63, 3.8) is 0 Å². The number of hydrogen-bond donors (Lipinski definition) is 2. The molecule has 0 fully saturated rings. The van der Waals surface area contributed by atoms with E-state index in [1.807, 2.05) is 30.3 Å². The van der Waals surface area contributed by atoms with Crippen molar-refractivity contribution in [2.75, 3.05) is 11.1 Å². The van der Waals surface area contributed by atoms with Gasteiger partial charge in [-0.2, -0.15) is 5.26 Å². The van der Waals surface area contributed by atoms with Crippen molar-refractivity contribution in [3.05, 3.63) is 118 Å². The van der Waals surface area contributed by atoms with Gasteiger partial charge in [-0.3, -0.25) is 9.36 Å². The molecule has 0 aliphatic rings. The van der Waals surface area contributed by atoms with E-state index in [1.54, 1.807) is 37.3 Å². The fourth-order valence-electron chi connectivity index (χ4n) is 4.02. The average molecular weight is 502 g/mol. The third-order valence-electron chi connectivity index (χ3n) is 5.83. The summed E-state index contributed by atoms with van der Waals surface area (Å²) in [6.45, 7) is 1.78. The van der Waals surface area contributed by atoms with Crippen LogP contribution in [0, 0.1) is 29.0 Å². The SMILES string of the molecule is CC(Nc1ncnc(N)c1C#Cc1ccccc1)c1nc2cccc(F)c2c(=O)n1-c1cccc(C#N)c1. The van der Waals surface area contributed by atoms with Crippen LogP contribution < -0.4 is 16.6 Å². The molecule has 5 rings (SSSR count). The van der Waals surface area contributed by atoms with Gasteiger partial charge in [0.25, 0.3) is 5.56 Å². The summed E-state index contributed by atoms with van der Waals surface area (Å²) in [6.07, 6.45) is 1.31. The maximum atomic E-state index is 14.7. The topological polar surface area (TPSA) is 123 Å². The summed E-state index contributed by atoms with van der Waals surface area (Å²) < 4.78 is 16.0. The van der Waals surface area contributed by atoms with Crippen LogP contribution in [0.4, 0.5) is 16.0 Å². The molecule has 8 nitrogen and oxygen atoms in total. The quantitative estimate of drug-likeness (QED) is 0.351. The molecule has 0 bridgehead atoms. The minimum atomic E-state index is -0.681. The minimum Gasteiger partial charge on any atom is -0.382 e. The Bertz CT molecular complexity index is 1830. The zero-order valence-electron chi connectivity index (χ0n) is 20.2. The van der Waals surface area contributed by atoms with Crippen LogP contribution in [0.3, 0.4) is 0 Å². The highest BCUT2D eigenvalue weighted by Gasteiger charge is 2.21. The summed E-state index contributed by atoms with van der Waals surface area (Å²) in [4.78, 5) is 26.6. The van der Waals surface area contributed by atoms with Crippen molar-refractivity contribution in [3.8, 4) is 23.6 Å². The van der Waals surface area contributed by atoms with Gasteiger partial charge in [0.1, 0.15) is 40.6 Å². The highest BCUT2D eigenvalue weighted by molar-refractivity contribution is 5.79. The van der Waals surface area contributed by atoms with Gasteiger partial charge in [0, 0.05) is 5.56 Å². The first-order valence-corrected chi connectivity index (χ1v) is 11.6. The molecule has 1 unspecified atom stereocenters. The zero-order valence-corrected chi connectivity index (χ0v) is 20.2. The molecular weight excluding hydrogens is 481 g/mol. The molecule has 0 amide bonds. The second-order valence-corrected chi connectivity index (χ2v) is 8.37. The highest BCUT2D eigenvalue weighted by atomic mass is 19.1. The van der Waals surface area contributed by atoms with Crippen LogP contribution in [0.2, 0.25) is 0 Å².